The summed E-state index contributed by atoms with van der Waals surface area (Å²) in [5.74, 6) is -5.52. The number of rotatable bonds is 9. The molecule has 2 aromatic heterocycles. The van der Waals surface area contributed by atoms with E-state index in [4.69, 9.17) is 4.74 Å². The van der Waals surface area contributed by atoms with Crippen molar-refractivity contribution < 1.29 is 47.9 Å². The van der Waals surface area contributed by atoms with E-state index in [1.807, 2.05) is 31.2 Å². The maximum atomic E-state index is 15.2. The number of amides is 7. The number of ketones is 1. The lowest BCUT2D eigenvalue weighted by atomic mass is 9.96. The number of halogens is 1. The highest BCUT2D eigenvalue weighted by Gasteiger charge is 2.45. The maximum Gasteiger partial charge on any atom is 0.419 e. The third-order valence-corrected chi connectivity index (χ3v) is 13.6. The zero-order valence-corrected chi connectivity index (χ0v) is 43.9. The van der Waals surface area contributed by atoms with E-state index < -0.39 is 102 Å². The van der Waals surface area contributed by atoms with Gasteiger partial charge in [-0.1, -0.05) is 71.7 Å². The van der Waals surface area contributed by atoms with Gasteiger partial charge in [-0.15, -0.1) is 5.10 Å². The Morgan fingerprint density at radius 2 is 1.58 bits per heavy atom. The molecule has 2 fully saturated rings. The van der Waals surface area contributed by atoms with E-state index in [2.05, 4.69) is 58.1 Å². The lowest BCUT2D eigenvalue weighted by molar-refractivity contribution is -0.143. The smallest absolute Gasteiger partial charge is 0.419 e. The molecule has 0 bridgehead atoms. The number of nitrogens with zero attached hydrogens (tertiary/aromatic N) is 5. The average molecular weight is 1070 g/mol. The van der Waals surface area contributed by atoms with Crippen LogP contribution in [-0.2, 0) is 49.5 Å². The molecule has 4 heterocycles. The Balaban J connectivity index is 1.42. The summed E-state index contributed by atoms with van der Waals surface area (Å²) in [4.78, 5) is 126. The molecule has 7 atom stereocenters. The highest BCUT2D eigenvalue weighted by Crippen LogP contribution is 2.31. The number of aromatic nitrogens is 4. The summed E-state index contributed by atoms with van der Waals surface area (Å²) in [5, 5.41) is 25.7. The second-order valence-electron chi connectivity index (χ2n) is 19.7. The summed E-state index contributed by atoms with van der Waals surface area (Å²) in [6.45, 7) is 10.2. The summed E-state index contributed by atoms with van der Waals surface area (Å²) in [5.41, 5.74) is 1.44. The van der Waals surface area contributed by atoms with Crippen molar-refractivity contribution in [1.29, 1.82) is 0 Å². The Morgan fingerprint density at radius 3 is 2.26 bits per heavy atom. The Kier molecular flexibility index (Phi) is 18.7. The van der Waals surface area contributed by atoms with Crippen molar-refractivity contribution >= 4 is 80.1 Å². The molecule has 0 saturated carbocycles. The lowest BCUT2D eigenvalue weighted by Crippen LogP contribution is -2.60. The van der Waals surface area contributed by atoms with Crippen LogP contribution in [0, 0.1) is 5.92 Å². The van der Waals surface area contributed by atoms with Crippen molar-refractivity contribution in [2.45, 2.75) is 141 Å². The zero-order valence-electron chi connectivity index (χ0n) is 42.3. The van der Waals surface area contributed by atoms with Crippen LogP contribution < -0.4 is 31.9 Å². The number of benzene rings is 2. The van der Waals surface area contributed by atoms with Gasteiger partial charge in [-0.2, -0.15) is 0 Å². The second kappa shape index (κ2) is 24.6. The molecule has 22 heteroatoms. The van der Waals surface area contributed by atoms with Crippen LogP contribution >= 0.6 is 15.9 Å². The standard InChI is InChI=1S/C51H66BrN11O10/c1-8-29(2)45-49(71)61-27-34(63-28-39(59-60-63)31-16-18-33(52)19-17-31)24-41(61)48(70)57-37(23-32-26-62(50(72)73-51(4,5)6)40-15-10-9-13-35(32)40)46(68)56-36(30(3)64)14-11-12-22-54-42(65)20-21-43(66)55-38(47(69)58-45)25-44(67)53-7/h9-10,13,15-19,26,28-29,34,36-38,41,45H,8,11-12,14,20-25,27H2,1-7H3,(H,53,67)(H,54,65)(H,55,66)(H,56,68)(H,57,70)(H,58,69)/t29-,34-,36-,37-,38-,41-,45-/m0/s1. The Bertz CT molecular complexity index is 2700. The fourth-order valence-corrected chi connectivity index (χ4v) is 9.09. The number of ether oxygens (including phenoxy) is 1. The van der Waals surface area contributed by atoms with E-state index in [1.165, 1.54) is 23.4 Å². The van der Waals surface area contributed by atoms with Crippen LogP contribution in [0.5, 0.6) is 0 Å². The van der Waals surface area contributed by atoms with Gasteiger partial charge < -0.3 is 41.5 Å². The molecule has 6 rings (SSSR count). The van der Waals surface area contributed by atoms with Crippen LogP contribution in [0.4, 0.5) is 4.79 Å². The number of para-hydroxylation sites is 1. The van der Waals surface area contributed by atoms with Gasteiger partial charge in [0.05, 0.1) is 30.2 Å². The van der Waals surface area contributed by atoms with Gasteiger partial charge in [-0.05, 0) is 76.6 Å². The summed E-state index contributed by atoms with van der Waals surface area (Å²) >= 11 is 3.45. The first kappa shape index (κ1) is 55.3. The quantitative estimate of drug-likeness (QED) is 0.140. The molecule has 0 aliphatic carbocycles. The minimum Gasteiger partial charge on any atom is -0.443 e. The zero-order chi connectivity index (χ0) is 53.1. The van der Waals surface area contributed by atoms with Crippen LogP contribution in [-0.4, -0.2) is 134 Å². The van der Waals surface area contributed by atoms with Gasteiger partial charge in [0.2, 0.25) is 41.4 Å². The van der Waals surface area contributed by atoms with Crippen molar-refractivity contribution in [2.24, 2.45) is 5.92 Å². The lowest BCUT2D eigenvalue weighted by Gasteiger charge is -2.33. The van der Waals surface area contributed by atoms with E-state index in [0.29, 0.717) is 41.4 Å². The predicted molar refractivity (Wildman–Crippen MR) is 272 cm³/mol. The highest BCUT2D eigenvalue weighted by molar-refractivity contribution is 9.10. The van der Waals surface area contributed by atoms with Crippen LogP contribution in [0.1, 0.15) is 105 Å². The predicted octanol–water partition coefficient (Wildman–Crippen LogP) is 3.62. The number of carbonyl (C=O) groups excluding carboxylic acids is 9. The SMILES string of the molecule is CC[C@H](C)[C@@H]1NC(=O)[C@H](CC(=O)NC)NC(=O)CCC(=O)NCCCC[C@@H](C(C)=O)NC(=O)[C@H](Cc2cn(C(=O)OC(C)(C)C)c3ccccc23)NC(=O)[C@@H]2C[C@H](n3cc(-c4ccc(Br)cc4)nn3)CN2C1=O. The molecule has 2 aliphatic heterocycles. The molecule has 6 N–H and O–H groups in total. The van der Waals surface area contributed by atoms with Crippen LogP contribution in [0.15, 0.2) is 65.4 Å². The van der Waals surface area contributed by atoms with Crippen LogP contribution in [0.2, 0.25) is 0 Å². The first-order chi connectivity index (χ1) is 34.7. The second-order valence-corrected chi connectivity index (χ2v) is 20.6. The van der Waals surface area contributed by atoms with Gasteiger partial charge in [0.25, 0.3) is 0 Å². The number of nitrogens with one attached hydrogen (secondary N) is 6. The van der Waals surface area contributed by atoms with Crippen molar-refractivity contribution in [1.82, 2.24) is 56.4 Å². The number of hydrogen-bond acceptors (Lipinski definition) is 12. The molecule has 392 valence electrons. The molecule has 2 saturated heterocycles. The van der Waals surface area contributed by atoms with Crippen molar-refractivity contribution in [3.63, 3.8) is 0 Å². The van der Waals surface area contributed by atoms with Crippen molar-refractivity contribution in [3.05, 3.63) is 71.0 Å². The molecular formula is C51H66BrN11O10. The minimum absolute atomic E-state index is 0.00758. The molecular weight excluding hydrogens is 1010 g/mol. The summed E-state index contributed by atoms with van der Waals surface area (Å²) in [6.07, 6.45) is 2.77. The highest BCUT2D eigenvalue weighted by atomic mass is 79.9. The summed E-state index contributed by atoms with van der Waals surface area (Å²) < 4.78 is 9.48. The van der Waals surface area contributed by atoms with Gasteiger partial charge in [0, 0.05) is 67.4 Å². The Hall–Kier alpha value is -6.97. The largest absolute Gasteiger partial charge is 0.443 e. The van der Waals surface area contributed by atoms with E-state index >= 15 is 9.59 Å². The molecule has 0 spiro atoms. The Morgan fingerprint density at radius 1 is 0.877 bits per heavy atom. The maximum absolute atomic E-state index is 15.2. The molecule has 0 radical (unpaired) electrons. The monoisotopic (exact) mass is 1070 g/mol. The number of carbonyl (C=O) groups is 9. The first-order valence-corrected chi connectivity index (χ1v) is 25.4. The summed E-state index contributed by atoms with van der Waals surface area (Å²) in [7, 11) is 1.37. The van der Waals surface area contributed by atoms with Crippen LogP contribution in [0.25, 0.3) is 22.2 Å². The van der Waals surface area contributed by atoms with Gasteiger partial charge in [0.15, 0.2) is 5.78 Å². The van der Waals surface area contributed by atoms with E-state index in [9.17, 15) is 33.6 Å². The van der Waals surface area contributed by atoms with Gasteiger partial charge in [-0.3, -0.25) is 42.9 Å². The van der Waals surface area contributed by atoms with Gasteiger partial charge in [0.1, 0.15) is 35.5 Å². The fourth-order valence-electron chi connectivity index (χ4n) is 8.82. The molecule has 21 nitrogen and oxygen atoms in total. The Labute approximate surface area is 432 Å². The number of fused-ring (bicyclic) bond motifs is 2. The minimum atomic E-state index is -1.44. The molecule has 0 unspecified atom stereocenters. The number of hydrogen-bond donors (Lipinski definition) is 6. The normalized spacial score (nSPS) is 22.8. The average Bonchev–Trinajstić information content (AvgIpc) is 4.11. The first-order valence-electron chi connectivity index (χ1n) is 24.6. The third kappa shape index (κ3) is 14.6. The molecule has 2 aromatic carbocycles. The number of Topliss-reactive ketones (excluding diaryl/α,β-unsaturated/α-hetero) is 1. The molecule has 73 heavy (non-hydrogen) atoms. The van der Waals surface area contributed by atoms with E-state index in [0.717, 1.165) is 10.0 Å². The van der Waals surface area contributed by atoms with Gasteiger partial charge >= 0.3 is 6.09 Å². The van der Waals surface area contributed by atoms with Crippen molar-refractivity contribution in [3.8, 4) is 11.3 Å². The fraction of sp³-hybridized carbons (Fsp3) is 0.510. The molecule has 2 aliphatic rings. The summed E-state index contributed by atoms with van der Waals surface area (Å²) in [6, 6.07) is 7.46. The van der Waals surface area contributed by atoms with Crippen molar-refractivity contribution in [2.75, 3.05) is 20.1 Å². The van der Waals surface area contributed by atoms with E-state index in [1.54, 1.807) is 69.0 Å². The molecule has 4 aromatic rings. The molecule has 7 amide bonds. The topological polar surface area (TPSA) is 274 Å². The van der Waals surface area contributed by atoms with Gasteiger partial charge in [-0.25, -0.2) is 9.48 Å². The van der Waals surface area contributed by atoms with Crippen LogP contribution in [0.3, 0.4) is 0 Å². The third-order valence-electron chi connectivity index (χ3n) is 13.1. The van der Waals surface area contributed by atoms with E-state index in [-0.39, 0.29) is 51.0 Å².